The molecule has 0 amide bonds. The Bertz CT molecular complexity index is 442. The standard InChI is InChI=1S/C14H21N3O2/c1-16-8-6-12(7-9-16)17(2)10-11-4-3-5-13(15-11)14(18)19/h3-5,12H,6-10H2,1-2H3,(H,18,19). The number of likely N-dealkylation sites (tertiary alicyclic amines) is 1. The number of rotatable bonds is 4. The van der Waals surface area contributed by atoms with Gasteiger partial charge in [0, 0.05) is 12.6 Å². The largest absolute Gasteiger partial charge is 0.477 e. The Labute approximate surface area is 113 Å². The first-order chi connectivity index (χ1) is 9.06. The van der Waals surface area contributed by atoms with Crippen LogP contribution in [0.5, 0.6) is 0 Å². The van der Waals surface area contributed by atoms with Crippen LogP contribution < -0.4 is 0 Å². The minimum Gasteiger partial charge on any atom is -0.477 e. The van der Waals surface area contributed by atoms with E-state index in [0.717, 1.165) is 31.6 Å². The number of hydrogen-bond donors (Lipinski definition) is 1. The van der Waals surface area contributed by atoms with Gasteiger partial charge in [0.15, 0.2) is 0 Å². The summed E-state index contributed by atoms with van der Waals surface area (Å²) >= 11 is 0. The topological polar surface area (TPSA) is 56.7 Å². The van der Waals surface area contributed by atoms with E-state index in [-0.39, 0.29) is 5.69 Å². The second kappa shape index (κ2) is 6.12. The lowest BCUT2D eigenvalue weighted by atomic mass is 10.0. The summed E-state index contributed by atoms with van der Waals surface area (Å²) in [5, 5.41) is 8.94. The molecule has 1 fully saturated rings. The van der Waals surface area contributed by atoms with Crippen LogP contribution in [0.2, 0.25) is 0 Å². The van der Waals surface area contributed by atoms with Gasteiger partial charge in [-0.15, -0.1) is 0 Å². The van der Waals surface area contributed by atoms with E-state index in [9.17, 15) is 4.79 Å². The zero-order valence-corrected chi connectivity index (χ0v) is 11.5. The molecular weight excluding hydrogens is 242 g/mol. The van der Waals surface area contributed by atoms with E-state index >= 15 is 0 Å². The molecule has 5 heteroatoms. The lowest BCUT2D eigenvalue weighted by Gasteiger charge is -2.34. The van der Waals surface area contributed by atoms with E-state index < -0.39 is 5.97 Å². The maximum Gasteiger partial charge on any atom is 0.354 e. The van der Waals surface area contributed by atoms with Crippen molar-refractivity contribution < 1.29 is 9.90 Å². The van der Waals surface area contributed by atoms with Crippen molar-refractivity contribution in [2.24, 2.45) is 0 Å². The quantitative estimate of drug-likeness (QED) is 0.887. The first-order valence-electron chi connectivity index (χ1n) is 6.64. The normalized spacial score (nSPS) is 17.8. The van der Waals surface area contributed by atoms with Gasteiger partial charge in [-0.1, -0.05) is 6.07 Å². The summed E-state index contributed by atoms with van der Waals surface area (Å²) in [5.74, 6) is -0.969. The lowest BCUT2D eigenvalue weighted by Crippen LogP contribution is -2.41. The number of nitrogens with zero attached hydrogens (tertiary/aromatic N) is 3. The molecule has 0 saturated carbocycles. The van der Waals surface area contributed by atoms with E-state index in [4.69, 9.17) is 5.11 Å². The molecule has 5 nitrogen and oxygen atoms in total. The molecule has 0 radical (unpaired) electrons. The highest BCUT2D eigenvalue weighted by Crippen LogP contribution is 2.16. The third-order valence-corrected chi connectivity index (χ3v) is 3.75. The van der Waals surface area contributed by atoms with Crippen molar-refractivity contribution in [3.8, 4) is 0 Å². The minimum atomic E-state index is -0.969. The molecule has 2 rings (SSSR count). The van der Waals surface area contributed by atoms with Crippen LogP contribution in [0.4, 0.5) is 0 Å². The molecule has 104 valence electrons. The van der Waals surface area contributed by atoms with Gasteiger partial charge in [-0.05, 0) is 52.2 Å². The molecule has 1 aliphatic heterocycles. The Kier molecular flexibility index (Phi) is 4.50. The average molecular weight is 263 g/mol. The molecule has 1 aliphatic rings. The van der Waals surface area contributed by atoms with Gasteiger partial charge in [-0.3, -0.25) is 4.90 Å². The van der Waals surface area contributed by atoms with E-state index in [1.165, 1.54) is 6.07 Å². The predicted molar refractivity (Wildman–Crippen MR) is 73.2 cm³/mol. The molecule has 0 spiro atoms. The van der Waals surface area contributed by atoms with Crippen molar-refractivity contribution in [3.05, 3.63) is 29.6 Å². The van der Waals surface area contributed by atoms with E-state index in [0.29, 0.717) is 12.6 Å². The summed E-state index contributed by atoms with van der Waals surface area (Å²) in [4.78, 5) is 19.7. The fourth-order valence-corrected chi connectivity index (χ4v) is 2.51. The maximum absolute atomic E-state index is 10.9. The summed E-state index contributed by atoms with van der Waals surface area (Å²) in [6.45, 7) is 2.95. The number of piperidine rings is 1. The van der Waals surface area contributed by atoms with Gasteiger partial charge in [0.25, 0.3) is 0 Å². The van der Waals surface area contributed by atoms with Crippen molar-refractivity contribution in [1.82, 2.24) is 14.8 Å². The van der Waals surface area contributed by atoms with E-state index in [1.54, 1.807) is 6.07 Å². The van der Waals surface area contributed by atoms with E-state index in [1.807, 2.05) is 6.07 Å². The summed E-state index contributed by atoms with van der Waals surface area (Å²) in [5.41, 5.74) is 0.940. The van der Waals surface area contributed by atoms with Gasteiger partial charge in [0.1, 0.15) is 5.69 Å². The van der Waals surface area contributed by atoms with Crippen molar-refractivity contribution >= 4 is 5.97 Å². The van der Waals surface area contributed by atoms with Gasteiger partial charge in [-0.25, -0.2) is 9.78 Å². The maximum atomic E-state index is 10.9. The molecule has 0 unspecified atom stereocenters. The second-order valence-corrected chi connectivity index (χ2v) is 5.27. The SMILES string of the molecule is CN1CCC(N(C)Cc2cccc(C(=O)O)n2)CC1. The Hall–Kier alpha value is -1.46. The predicted octanol–water partition coefficient (Wildman–Crippen LogP) is 1.31. The van der Waals surface area contributed by atoms with Gasteiger partial charge in [0.05, 0.1) is 5.69 Å². The van der Waals surface area contributed by atoms with Crippen molar-refractivity contribution in [3.63, 3.8) is 0 Å². The van der Waals surface area contributed by atoms with Crippen LogP contribution in [0.15, 0.2) is 18.2 Å². The smallest absolute Gasteiger partial charge is 0.354 e. The zero-order chi connectivity index (χ0) is 13.8. The minimum absolute atomic E-state index is 0.120. The number of aromatic carboxylic acids is 1. The van der Waals surface area contributed by atoms with Gasteiger partial charge in [0.2, 0.25) is 0 Å². The van der Waals surface area contributed by atoms with Crippen LogP contribution in [0.1, 0.15) is 29.0 Å². The molecule has 0 bridgehead atoms. The van der Waals surface area contributed by atoms with Crippen molar-refractivity contribution in [2.45, 2.75) is 25.4 Å². The molecule has 0 aromatic carbocycles. The zero-order valence-electron chi connectivity index (χ0n) is 11.5. The number of hydrogen-bond acceptors (Lipinski definition) is 4. The number of carboxylic acids is 1. The Morgan fingerprint density at radius 3 is 2.79 bits per heavy atom. The van der Waals surface area contributed by atoms with Crippen LogP contribution in [-0.2, 0) is 6.54 Å². The second-order valence-electron chi connectivity index (χ2n) is 5.27. The fourth-order valence-electron chi connectivity index (χ4n) is 2.51. The third kappa shape index (κ3) is 3.75. The monoisotopic (exact) mass is 263 g/mol. The van der Waals surface area contributed by atoms with Crippen molar-refractivity contribution in [1.29, 1.82) is 0 Å². The highest BCUT2D eigenvalue weighted by atomic mass is 16.4. The highest BCUT2D eigenvalue weighted by molar-refractivity contribution is 5.85. The highest BCUT2D eigenvalue weighted by Gasteiger charge is 2.20. The van der Waals surface area contributed by atoms with Crippen LogP contribution in [0.3, 0.4) is 0 Å². The molecule has 2 heterocycles. The molecule has 1 aromatic heterocycles. The fraction of sp³-hybridized carbons (Fsp3) is 0.571. The Morgan fingerprint density at radius 1 is 1.47 bits per heavy atom. The molecule has 0 atom stereocenters. The Morgan fingerprint density at radius 2 is 2.16 bits per heavy atom. The van der Waals surface area contributed by atoms with Crippen LogP contribution >= 0.6 is 0 Å². The molecule has 1 saturated heterocycles. The molecule has 19 heavy (non-hydrogen) atoms. The van der Waals surface area contributed by atoms with E-state index in [2.05, 4.69) is 28.9 Å². The van der Waals surface area contributed by atoms with Crippen molar-refractivity contribution in [2.75, 3.05) is 27.2 Å². The van der Waals surface area contributed by atoms with Gasteiger partial charge >= 0.3 is 5.97 Å². The summed E-state index contributed by atoms with van der Waals surface area (Å²) in [7, 11) is 4.24. The first kappa shape index (κ1) is 14.0. The first-order valence-corrected chi connectivity index (χ1v) is 6.64. The molecule has 1 aromatic rings. The van der Waals surface area contributed by atoms with Gasteiger partial charge in [-0.2, -0.15) is 0 Å². The molecular formula is C14H21N3O2. The number of pyridine rings is 1. The van der Waals surface area contributed by atoms with Crippen LogP contribution in [0.25, 0.3) is 0 Å². The van der Waals surface area contributed by atoms with Crippen LogP contribution in [0, 0.1) is 0 Å². The number of carbonyl (C=O) groups is 1. The number of aromatic nitrogens is 1. The summed E-state index contributed by atoms with van der Waals surface area (Å²) in [6, 6.07) is 5.74. The summed E-state index contributed by atoms with van der Waals surface area (Å²) in [6.07, 6.45) is 2.32. The molecule has 0 aliphatic carbocycles. The average Bonchev–Trinajstić information content (AvgIpc) is 2.39. The summed E-state index contributed by atoms with van der Waals surface area (Å²) < 4.78 is 0. The van der Waals surface area contributed by atoms with Crippen LogP contribution in [-0.4, -0.2) is 59.1 Å². The lowest BCUT2D eigenvalue weighted by molar-refractivity contribution is 0.0689. The molecule has 1 N–H and O–H groups in total. The number of carboxylic acid groups (broad SMARTS) is 1. The Balaban J connectivity index is 1.96. The van der Waals surface area contributed by atoms with Gasteiger partial charge < -0.3 is 10.0 Å². The third-order valence-electron chi connectivity index (χ3n) is 3.75.